The molecular weight excluding hydrogens is 322 g/mol. The summed E-state index contributed by atoms with van der Waals surface area (Å²) < 4.78 is 0. The molecular formula is C18H21N3O4. The van der Waals surface area contributed by atoms with Gasteiger partial charge in [-0.05, 0) is 18.4 Å². The number of aliphatic hydroxyl groups excluding tert-OH is 2. The molecule has 1 aliphatic rings. The second-order valence-electron chi connectivity index (χ2n) is 6.52. The third kappa shape index (κ3) is 3.62. The van der Waals surface area contributed by atoms with Gasteiger partial charge in [-0.3, -0.25) is 14.6 Å². The van der Waals surface area contributed by atoms with Crippen LogP contribution < -0.4 is 5.56 Å². The maximum atomic E-state index is 12.7. The Morgan fingerprint density at radius 2 is 2.08 bits per heavy atom. The van der Waals surface area contributed by atoms with Crippen molar-refractivity contribution in [1.82, 2.24) is 14.9 Å². The minimum atomic E-state index is -0.836. The first-order valence-electron chi connectivity index (χ1n) is 8.20. The normalized spacial score (nSPS) is 23.4. The Bertz CT molecular complexity index is 792. The van der Waals surface area contributed by atoms with E-state index in [0.29, 0.717) is 19.4 Å². The molecule has 1 aliphatic heterocycles. The molecule has 2 aromatic rings. The van der Waals surface area contributed by atoms with Crippen LogP contribution in [0, 0.1) is 5.41 Å². The number of hydrogen-bond acceptors (Lipinski definition) is 5. The number of amides is 1. The molecule has 7 heteroatoms. The van der Waals surface area contributed by atoms with Crippen LogP contribution in [0.2, 0.25) is 0 Å². The highest BCUT2D eigenvalue weighted by Crippen LogP contribution is 2.34. The van der Waals surface area contributed by atoms with Crippen LogP contribution in [0.1, 0.15) is 22.5 Å². The lowest BCUT2D eigenvalue weighted by Gasteiger charge is -2.45. The standard InChI is InChI=1S/C18H21N3O4/c22-12-18(8-13-4-2-1-3-5-13)11-21(7-6-15(18)23)17(25)14-9-19-10-16(24)20-14/h1-5,9-10,15,22-23H,6-8,11-12H2,(H,20,24)/t15-,18+/m0/s1. The molecule has 1 aromatic carbocycles. The SMILES string of the molecule is O=C(c1cncc(=O)[nH]1)N1CC[C@H](O)[C@](CO)(Cc2ccccc2)C1. The number of benzene rings is 1. The first-order chi connectivity index (χ1) is 12.0. The summed E-state index contributed by atoms with van der Waals surface area (Å²) in [7, 11) is 0. The summed E-state index contributed by atoms with van der Waals surface area (Å²) >= 11 is 0. The van der Waals surface area contributed by atoms with Crippen molar-refractivity contribution in [3.8, 4) is 0 Å². The predicted octanol–water partition coefficient (Wildman–Crippen LogP) is 0.198. The van der Waals surface area contributed by atoms with Crippen LogP contribution in [0.15, 0.2) is 47.5 Å². The van der Waals surface area contributed by atoms with E-state index in [2.05, 4.69) is 9.97 Å². The minimum Gasteiger partial charge on any atom is -0.396 e. The molecule has 1 fully saturated rings. The molecule has 0 radical (unpaired) electrons. The van der Waals surface area contributed by atoms with Gasteiger partial charge in [-0.1, -0.05) is 30.3 Å². The van der Waals surface area contributed by atoms with Crippen LogP contribution in [0.5, 0.6) is 0 Å². The van der Waals surface area contributed by atoms with Crippen LogP contribution in [0.25, 0.3) is 0 Å². The molecule has 2 heterocycles. The second kappa shape index (κ2) is 7.16. The van der Waals surface area contributed by atoms with E-state index in [1.807, 2.05) is 30.3 Å². The zero-order valence-electron chi connectivity index (χ0n) is 13.8. The zero-order valence-corrected chi connectivity index (χ0v) is 13.8. The number of aromatic amines is 1. The zero-order chi connectivity index (χ0) is 17.9. The van der Waals surface area contributed by atoms with Crippen molar-refractivity contribution in [2.45, 2.75) is 18.9 Å². The highest BCUT2D eigenvalue weighted by Gasteiger charge is 2.44. The molecule has 0 aliphatic carbocycles. The van der Waals surface area contributed by atoms with Gasteiger partial charge in [0.25, 0.3) is 11.5 Å². The van der Waals surface area contributed by atoms with Crippen molar-refractivity contribution in [3.63, 3.8) is 0 Å². The summed E-state index contributed by atoms with van der Waals surface area (Å²) in [6.07, 6.45) is 2.52. The minimum absolute atomic E-state index is 0.107. The molecule has 25 heavy (non-hydrogen) atoms. The number of hydrogen-bond donors (Lipinski definition) is 3. The number of carbonyl (C=O) groups excluding carboxylic acids is 1. The van der Waals surface area contributed by atoms with Gasteiger partial charge in [0.05, 0.1) is 25.1 Å². The number of H-pyrrole nitrogens is 1. The molecule has 0 bridgehead atoms. The Labute approximate surface area is 145 Å². The number of piperidine rings is 1. The fraction of sp³-hybridized carbons (Fsp3) is 0.389. The Morgan fingerprint density at radius 3 is 2.76 bits per heavy atom. The average Bonchev–Trinajstić information content (AvgIpc) is 2.64. The fourth-order valence-corrected chi connectivity index (χ4v) is 3.37. The van der Waals surface area contributed by atoms with E-state index in [1.165, 1.54) is 6.20 Å². The number of rotatable bonds is 4. The summed E-state index contributed by atoms with van der Waals surface area (Å²) in [4.78, 5) is 31.8. The van der Waals surface area contributed by atoms with E-state index in [4.69, 9.17) is 0 Å². The number of aromatic nitrogens is 2. The van der Waals surface area contributed by atoms with Crippen LogP contribution >= 0.6 is 0 Å². The van der Waals surface area contributed by atoms with E-state index < -0.39 is 17.1 Å². The van der Waals surface area contributed by atoms with E-state index in [1.54, 1.807) is 4.90 Å². The molecule has 1 aromatic heterocycles. The van der Waals surface area contributed by atoms with Crippen molar-refractivity contribution in [3.05, 3.63) is 64.3 Å². The van der Waals surface area contributed by atoms with Crippen LogP contribution in [0.3, 0.4) is 0 Å². The molecule has 0 unspecified atom stereocenters. The molecule has 7 nitrogen and oxygen atoms in total. The highest BCUT2D eigenvalue weighted by atomic mass is 16.3. The van der Waals surface area contributed by atoms with Gasteiger partial charge in [-0.15, -0.1) is 0 Å². The van der Waals surface area contributed by atoms with E-state index in [0.717, 1.165) is 11.8 Å². The van der Waals surface area contributed by atoms with Crippen molar-refractivity contribution in [1.29, 1.82) is 0 Å². The summed E-state index contributed by atoms with van der Waals surface area (Å²) in [5, 5.41) is 20.5. The van der Waals surface area contributed by atoms with E-state index in [-0.39, 0.29) is 24.8 Å². The Morgan fingerprint density at radius 1 is 1.32 bits per heavy atom. The van der Waals surface area contributed by atoms with Crippen molar-refractivity contribution in [2.24, 2.45) is 5.41 Å². The van der Waals surface area contributed by atoms with Gasteiger partial charge in [-0.2, -0.15) is 0 Å². The molecule has 0 saturated carbocycles. The Balaban J connectivity index is 1.84. The number of nitrogens with one attached hydrogen (secondary N) is 1. The molecule has 1 saturated heterocycles. The van der Waals surface area contributed by atoms with Gasteiger partial charge in [0.1, 0.15) is 5.69 Å². The van der Waals surface area contributed by atoms with Crippen LogP contribution in [-0.2, 0) is 6.42 Å². The average molecular weight is 343 g/mol. The fourth-order valence-electron chi connectivity index (χ4n) is 3.37. The third-order valence-electron chi connectivity index (χ3n) is 4.77. The third-order valence-corrected chi connectivity index (χ3v) is 4.77. The molecule has 3 N–H and O–H groups in total. The van der Waals surface area contributed by atoms with Crippen LogP contribution in [-0.4, -0.2) is 56.8 Å². The lowest BCUT2D eigenvalue weighted by atomic mass is 9.73. The van der Waals surface area contributed by atoms with Crippen molar-refractivity contribution in [2.75, 3.05) is 19.7 Å². The lowest BCUT2D eigenvalue weighted by Crippen LogP contribution is -2.56. The number of nitrogens with zero attached hydrogens (tertiary/aromatic N) is 2. The van der Waals surface area contributed by atoms with Gasteiger partial charge < -0.3 is 20.1 Å². The first kappa shape index (κ1) is 17.3. The predicted molar refractivity (Wildman–Crippen MR) is 91.0 cm³/mol. The maximum absolute atomic E-state index is 12.7. The first-order valence-corrected chi connectivity index (χ1v) is 8.20. The highest BCUT2D eigenvalue weighted by molar-refractivity contribution is 5.92. The van der Waals surface area contributed by atoms with E-state index >= 15 is 0 Å². The summed E-state index contributed by atoms with van der Waals surface area (Å²) in [5.41, 5.74) is -0.187. The number of carbonyl (C=O) groups is 1. The van der Waals surface area contributed by atoms with Gasteiger partial charge in [-0.25, -0.2) is 0 Å². The summed E-state index contributed by atoms with van der Waals surface area (Å²) in [6.45, 7) is 0.319. The maximum Gasteiger partial charge on any atom is 0.272 e. The summed E-state index contributed by atoms with van der Waals surface area (Å²) in [5.74, 6) is -0.358. The molecule has 3 rings (SSSR count). The van der Waals surface area contributed by atoms with Crippen LogP contribution in [0.4, 0.5) is 0 Å². The van der Waals surface area contributed by atoms with Gasteiger partial charge >= 0.3 is 0 Å². The van der Waals surface area contributed by atoms with Gasteiger partial charge in [0.15, 0.2) is 0 Å². The monoisotopic (exact) mass is 343 g/mol. The van der Waals surface area contributed by atoms with E-state index in [9.17, 15) is 19.8 Å². The Hall–Kier alpha value is -2.51. The molecule has 1 amide bonds. The summed E-state index contributed by atoms with van der Waals surface area (Å²) in [6, 6.07) is 9.58. The number of aliphatic hydroxyl groups is 2. The number of likely N-dealkylation sites (tertiary alicyclic amines) is 1. The largest absolute Gasteiger partial charge is 0.396 e. The quantitative estimate of drug-likeness (QED) is 0.735. The van der Waals surface area contributed by atoms with Crippen molar-refractivity contribution >= 4 is 5.91 Å². The molecule has 2 atom stereocenters. The molecule has 0 spiro atoms. The topological polar surface area (TPSA) is 107 Å². The van der Waals surface area contributed by atoms with Crippen molar-refractivity contribution < 1.29 is 15.0 Å². The van der Waals surface area contributed by atoms with Gasteiger partial charge in [0, 0.05) is 18.5 Å². The Kier molecular flexibility index (Phi) is 4.96. The molecule has 132 valence electrons. The van der Waals surface area contributed by atoms with Gasteiger partial charge in [0.2, 0.25) is 0 Å². The second-order valence-corrected chi connectivity index (χ2v) is 6.52. The lowest BCUT2D eigenvalue weighted by molar-refractivity contribution is -0.0669. The smallest absolute Gasteiger partial charge is 0.272 e.